The van der Waals surface area contributed by atoms with Crippen LogP contribution in [0.15, 0.2) is 24.3 Å². The van der Waals surface area contributed by atoms with E-state index in [0.29, 0.717) is 38.6 Å². The van der Waals surface area contributed by atoms with Crippen LogP contribution in [0.4, 0.5) is 13.2 Å². The van der Waals surface area contributed by atoms with Crippen molar-refractivity contribution in [1.29, 1.82) is 0 Å². The lowest BCUT2D eigenvalue weighted by Crippen LogP contribution is -2.57. The van der Waals surface area contributed by atoms with Gasteiger partial charge in [-0.05, 0) is 62.2 Å². The number of hydrogen-bond acceptors (Lipinski definition) is 4. The molecule has 0 N–H and O–H groups in total. The van der Waals surface area contributed by atoms with Gasteiger partial charge in [0, 0.05) is 12.0 Å². The van der Waals surface area contributed by atoms with Gasteiger partial charge in [0.15, 0.2) is 5.05 Å². The molecule has 8 heteroatoms. The fraction of sp³-hybridized carbons (Fsp3) is 0.591. The molecule has 1 aromatic carbocycles. The van der Waals surface area contributed by atoms with Gasteiger partial charge in [0.25, 0.3) is 5.91 Å². The average molecular weight is 444 g/mol. The van der Waals surface area contributed by atoms with E-state index in [2.05, 4.69) is 0 Å². The number of halogens is 3. The van der Waals surface area contributed by atoms with Crippen LogP contribution in [0, 0.1) is 5.41 Å². The Morgan fingerprint density at radius 1 is 1.17 bits per heavy atom. The Bertz CT molecular complexity index is 805. The second kappa shape index (κ2) is 9.04. The molecule has 1 heterocycles. The van der Waals surface area contributed by atoms with Crippen LogP contribution >= 0.6 is 12.2 Å². The lowest BCUT2D eigenvalue weighted by molar-refractivity contribution is -0.151. The number of hydrogen-bond donors (Lipinski definition) is 0. The third-order valence-electron chi connectivity index (χ3n) is 5.86. The minimum atomic E-state index is -4.44. The summed E-state index contributed by atoms with van der Waals surface area (Å²) in [6.07, 6.45) is -1.49. The highest BCUT2D eigenvalue weighted by atomic mass is 32.1. The zero-order valence-electron chi connectivity index (χ0n) is 17.8. The molecule has 1 fully saturated rings. The first kappa shape index (κ1) is 24.3. The minimum Gasteiger partial charge on any atom is -0.448 e. The van der Waals surface area contributed by atoms with Gasteiger partial charge in [0.05, 0.1) is 5.56 Å². The summed E-state index contributed by atoms with van der Waals surface area (Å²) in [5, 5.41) is 0.108. The molecule has 1 aromatic rings. The molecule has 30 heavy (non-hydrogen) atoms. The van der Waals surface area contributed by atoms with E-state index < -0.39 is 34.4 Å². The largest absolute Gasteiger partial charge is 0.448 e. The Morgan fingerprint density at radius 3 is 2.27 bits per heavy atom. The highest BCUT2D eigenvalue weighted by molar-refractivity contribution is 7.80. The maximum atomic E-state index is 13.1. The normalized spacial score (nSPS) is 19.6. The summed E-state index contributed by atoms with van der Waals surface area (Å²) in [5.41, 5.74) is -2.49. The summed E-state index contributed by atoms with van der Waals surface area (Å²) < 4.78 is 44.1. The van der Waals surface area contributed by atoms with Crippen LogP contribution in [0.3, 0.4) is 0 Å². The predicted molar refractivity (Wildman–Crippen MR) is 112 cm³/mol. The number of ketones is 1. The standard InChI is InChI=1S/C22H28F3NO3S/c1-5-12-21(13-7-14-26(21)18(28)17(27)20(3,4)6-2)19(30)29-16-10-8-15(9-11-16)22(23,24)25/h8-11H,5-7,12-14H2,1-4H3/t21-/m0/s1. The minimum absolute atomic E-state index is 0.108. The number of likely N-dealkylation sites (tertiary alicyclic amines) is 1. The van der Waals surface area contributed by atoms with Gasteiger partial charge in [-0.1, -0.05) is 34.1 Å². The number of ether oxygens (including phenoxy) is 1. The van der Waals surface area contributed by atoms with Crippen LogP contribution in [0.2, 0.25) is 0 Å². The van der Waals surface area contributed by atoms with Gasteiger partial charge >= 0.3 is 6.18 Å². The van der Waals surface area contributed by atoms with Crippen molar-refractivity contribution in [3.05, 3.63) is 29.8 Å². The van der Waals surface area contributed by atoms with E-state index in [1.165, 1.54) is 17.0 Å². The van der Waals surface area contributed by atoms with Crippen LogP contribution in [-0.2, 0) is 15.8 Å². The van der Waals surface area contributed by atoms with Gasteiger partial charge in [-0.15, -0.1) is 0 Å². The van der Waals surface area contributed by atoms with Crippen molar-refractivity contribution in [3.63, 3.8) is 0 Å². The molecule has 0 aromatic heterocycles. The van der Waals surface area contributed by atoms with Gasteiger partial charge in [0.2, 0.25) is 5.78 Å². The number of rotatable bonds is 7. The van der Waals surface area contributed by atoms with Crippen molar-refractivity contribution >= 4 is 29.0 Å². The monoisotopic (exact) mass is 443 g/mol. The van der Waals surface area contributed by atoms with Gasteiger partial charge in [0.1, 0.15) is 11.3 Å². The number of thiocarbonyl (C=S) groups is 1. The van der Waals surface area contributed by atoms with Crippen LogP contribution in [0.25, 0.3) is 0 Å². The van der Waals surface area contributed by atoms with Crippen LogP contribution in [-0.4, -0.2) is 33.7 Å². The van der Waals surface area contributed by atoms with E-state index in [1.807, 2.05) is 13.8 Å². The Morgan fingerprint density at radius 2 is 1.77 bits per heavy atom. The quantitative estimate of drug-likeness (QED) is 0.408. The summed E-state index contributed by atoms with van der Waals surface area (Å²) in [5.74, 6) is -0.876. The first-order valence-corrected chi connectivity index (χ1v) is 10.6. The van der Waals surface area contributed by atoms with E-state index in [4.69, 9.17) is 17.0 Å². The van der Waals surface area contributed by atoms with Crippen molar-refractivity contribution in [3.8, 4) is 5.75 Å². The van der Waals surface area contributed by atoms with Crippen LogP contribution in [0.1, 0.15) is 65.4 Å². The molecule has 1 aliphatic rings. The smallest absolute Gasteiger partial charge is 0.416 e. The molecule has 0 spiro atoms. The summed E-state index contributed by atoms with van der Waals surface area (Å²) in [6.45, 7) is 7.67. The molecule has 2 rings (SSSR count). The van der Waals surface area contributed by atoms with Crippen molar-refractivity contribution < 1.29 is 27.5 Å². The topological polar surface area (TPSA) is 46.6 Å². The molecule has 0 aliphatic carbocycles. The number of amides is 1. The third kappa shape index (κ3) is 4.85. The van der Waals surface area contributed by atoms with Crippen molar-refractivity contribution in [2.24, 2.45) is 5.41 Å². The summed E-state index contributed by atoms with van der Waals surface area (Å²) in [6, 6.07) is 4.27. The molecule has 166 valence electrons. The second-order valence-electron chi connectivity index (χ2n) is 8.32. The summed E-state index contributed by atoms with van der Waals surface area (Å²) >= 11 is 5.53. The maximum Gasteiger partial charge on any atom is 0.416 e. The number of carbonyl (C=O) groups excluding carboxylic acids is 2. The van der Waals surface area contributed by atoms with Crippen molar-refractivity contribution in [1.82, 2.24) is 4.90 Å². The van der Waals surface area contributed by atoms with E-state index in [9.17, 15) is 22.8 Å². The Balaban J connectivity index is 2.30. The molecule has 0 unspecified atom stereocenters. The predicted octanol–water partition coefficient (Wildman–Crippen LogP) is 5.58. The number of benzene rings is 1. The van der Waals surface area contributed by atoms with E-state index in [0.717, 1.165) is 12.1 Å². The fourth-order valence-corrected chi connectivity index (χ4v) is 4.06. The zero-order chi connectivity index (χ0) is 22.7. The lowest BCUT2D eigenvalue weighted by atomic mass is 9.83. The molecule has 1 atom stereocenters. The van der Waals surface area contributed by atoms with Gasteiger partial charge < -0.3 is 9.64 Å². The molecule has 0 bridgehead atoms. The van der Waals surface area contributed by atoms with E-state index in [1.54, 1.807) is 13.8 Å². The average Bonchev–Trinajstić information content (AvgIpc) is 3.11. The summed E-state index contributed by atoms with van der Waals surface area (Å²) in [4.78, 5) is 27.4. The highest BCUT2D eigenvalue weighted by Crippen LogP contribution is 2.38. The molecular formula is C22H28F3NO3S. The fourth-order valence-electron chi connectivity index (χ4n) is 3.65. The van der Waals surface area contributed by atoms with Gasteiger partial charge in [-0.25, -0.2) is 0 Å². The Hall–Kier alpha value is -1.96. The molecule has 0 radical (unpaired) electrons. The van der Waals surface area contributed by atoms with Crippen LogP contribution in [0.5, 0.6) is 5.75 Å². The first-order chi connectivity index (χ1) is 13.9. The molecule has 4 nitrogen and oxygen atoms in total. The molecule has 0 saturated carbocycles. The Labute approximate surface area is 180 Å². The van der Waals surface area contributed by atoms with Crippen LogP contribution < -0.4 is 4.74 Å². The van der Waals surface area contributed by atoms with Gasteiger partial charge in [-0.2, -0.15) is 13.2 Å². The molecule has 1 aliphatic heterocycles. The Kier molecular flexibility index (Phi) is 7.32. The zero-order valence-corrected chi connectivity index (χ0v) is 18.6. The molecule has 1 amide bonds. The lowest BCUT2D eigenvalue weighted by Gasteiger charge is -2.39. The van der Waals surface area contributed by atoms with Crippen molar-refractivity contribution in [2.45, 2.75) is 71.5 Å². The number of alkyl halides is 3. The second-order valence-corrected chi connectivity index (χ2v) is 8.69. The number of nitrogens with zero attached hydrogens (tertiary/aromatic N) is 1. The first-order valence-electron chi connectivity index (χ1n) is 10.1. The number of Topliss-reactive ketones (excluding diaryl/α,β-unsaturated/α-hetero) is 1. The van der Waals surface area contributed by atoms with Crippen molar-refractivity contribution in [2.75, 3.05) is 6.54 Å². The number of carbonyl (C=O) groups is 2. The molecular weight excluding hydrogens is 415 g/mol. The third-order valence-corrected chi connectivity index (χ3v) is 6.33. The highest BCUT2D eigenvalue weighted by Gasteiger charge is 2.50. The maximum absolute atomic E-state index is 13.1. The van der Waals surface area contributed by atoms with E-state index >= 15 is 0 Å². The SMILES string of the molecule is CCC[C@@]1(C(=S)Oc2ccc(C(F)(F)F)cc2)CCCN1C(=O)C(=O)C(C)(C)CC. The molecule has 1 saturated heterocycles. The van der Waals surface area contributed by atoms with E-state index in [-0.39, 0.29) is 10.8 Å². The van der Waals surface area contributed by atoms with Gasteiger partial charge in [-0.3, -0.25) is 9.59 Å². The summed E-state index contributed by atoms with van der Waals surface area (Å²) in [7, 11) is 0.